The maximum absolute atomic E-state index is 12.5. The molecule has 0 saturated carbocycles. The second-order valence-electron chi connectivity index (χ2n) is 8.23. The molecule has 5 heteroatoms. The molecule has 0 bridgehead atoms. The molecule has 0 aromatic heterocycles. The zero-order valence-electron chi connectivity index (χ0n) is 17.9. The van der Waals surface area contributed by atoms with Gasteiger partial charge in [-0.3, -0.25) is 9.59 Å². The van der Waals surface area contributed by atoms with Crippen LogP contribution in [0.4, 0.5) is 0 Å². The van der Waals surface area contributed by atoms with Gasteiger partial charge in [-0.15, -0.1) is 0 Å². The number of hydrogen-bond acceptors (Lipinski definition) is 3. The van der Waals surface area contributed by atoms with Gasteiger partial charge >= 0.3 is 0 Å². The number of piperidine rings is 1. The number of rotatable bonds is 9. The summed E-state index contributed by atoms with van der Waals surface area (Å²) in [6.45, 7) is 4.05. The molecule has 0 atom stereocenters. The van der Waals surface area contributed by atoms with Crippen LogP contribution in [0.1, 0.15) is 41.6 Å². The van der Waals surface area contributed by atoms with Gasteiger partial charge in [-0.25, -0.2) is 0 Å². The van der Waals surface area contributed by atoms with E-state index in [1.54, 1.807) is 0 Å². The van der Waals surface area contributed by atoms with Gasteiger partial charge in [-0.2, -0.15) is 0 Å². The smallest absolute Gasteiger partial charge is 0.253 e. The highest BCUT2D eigenvalue weighted by atomic mass is 16.2. The lowest BCUT2D eigenvalue weighted by atomic mass is 9.93. The zero-order valence-corrected chi connectivity index (χ0v) is 17.9. The molecule has 1 fully saturated rings. The van der Waals surface area contributed by atoms with Crippen LogP contribution >= 0.6 is 0 Å². The molecule has 3 rings (SSSR count). The van der Waals surface area contributed by atoms with Crippen LogP contribution < -0.4 is 5.32 Å². The summed E-state index contributed by atoms with van der Waals surface area (Å²) in [5.41, 5.74) is 2.05. The molecule has 2 aromatic rings. The molecule has 0 aliphatic carbocycles. The fourth-order valence-corrected chi connectivity index (χ4v) is 3.99. The van der Waals surface area contributed by atoms with Crippen molar-refractivity contribution in [2.45, 2.75) is 32.2 Å². The van der Waals surface area contributed by atoms with Crippen LogP contribution in [0, 0.1) is 5.92 Å². The summed E-state index contributed by atoms with van der Waals surface area (Å²) < 4.78 is 0. The van der Waals surface area contributed by atoms with Crippen molar-refractivity contribution >= 4 is 11.8 Å². The van der Waals surface area contributed by atoms with Crippen LogP contribution in [0.3, 0.4) is 0 Å². The van der Waals surface area contributed by atoms with Crippen LogP contribution in [-0.2, 0) is 11.3 Å². The van der Waals surface area contributed by atoms with Gasteiger partial charge in [0.05, 0.1) is 0 Å². The molecular formula is C25H33N3O2. The number of hydrogen-bond donors (Lipinski definition) is 1. The molecule has 2 aromatic carbocycles. The molecule has 1 saturated heterocycles. The predicted octanol–water partition coefficient (Wildman–Crippen LogP) is 3.57. The van der Waals surface area contributed by atoms with Crippen molar-refractivity contribution in [3.63, 3.8) is 0 Å². The van der Waals surface area contributed by atoms with Gasteiger partial charge < -0.3 is 15.1 Å². The maximum Gasteiger partial charge on any atom is 0.253 e. The van der Waals surface area contributed by atoms with E-state index in [0.717, 1.165) is 51.0 Å². The molecule has 0 radical (unpaired) electrons. The highest BCUT2D eigenvalue weighted by molar-refractivity contribution is 5.94. The zero-order chi connectivity index (χ0) is 21.2. The quantitative estimate of drug-likeness (QED) is 0.647. The monoisotopic (exact) mass is 407 g/mol. The number of nitrogens with zero attached hydrogens (tertiary/aromatic N) is 2. The molecule has 0 spiro atoms. The molecule has 5 nitrogen and oxygen atoms in total. The molecule has 1 aliphatic heterocycles. The fraction of sp³-hybridized carbons (Fsp3) is 0.440. The Morgan fingerprint density at radius 1 is 1.00 bits per heavy atom. The molecule has 160 valence electrons. The Balaban J connectivity index is 1.28. The summed E-state index contributed by atoms with van der Waals surface area (Å²) >= 11 is 0. The first-order chi connectivity index (χ1) is 14.6. The minimum Gasteiger partial charge on any atom is -0.356 e. The number of carbonyl (C=O) groups excluding carboxylic acids is 2. The van der Waals surface area contributed by atoms with Gasteiger partial charge in [-0.1, -0.05) is 48.5 Å². The summed E-state index contributed by atoms with van der Waals surface area (Å²) in [4.78, 5) is 29.0. The van der Waals surface area contributed by atoms with E-state index in [-0.39, 0.29) is 11.8 Å². The number of benzene rings is 2. The van der Waals surface area contributed by atoms with Gasteiger partial charge in [0.1, 0.15) is 0 Å². The van der Waals surface area contributed by atoms with Crippen LogP contribution in [0.2, 0.25) is 0 Å². The van der Waals surface area contributed by atoms with Crippen LogP contribution in [0.15, 0.2) is 60.7 Å². The highest BCUT2D eigenvalue weighted by Crippen LogP contribution is 2.21. The highest BCUT2D eigenvalue weighted by Gasteiger charge is 2.24. The molecular weight excluding hydrogens is 374 g/mol. The van der Waals surface area contributed by atoms with Crippen LogP contribution in [0.5, 0.6) is 0 Å². The Bertz CT molecular complexity index is 787. The van der Waals surface area contributed by atoms with E-state index in [0.29, 0.717) is 18.9 Å². The van der Waals surface area contributed by atoms with Gasteiger partial charge in [-0.05, 0) is 56.5 Å². The Labute approximate surface area is 180 Å². The van der Waals surface area contributed by atoms with Gasteiger partial charge in [0.25, 0.3) is 5.91 Å². The van der Waals surface area contributed by atoms with Gasteiger partial charge in [0.15, 0.2) is 0 Å². The van der Waals surface area contributed by atoms with Gasteiger partial charge in [0.2, 0.25) is 5.91 Å². The number of amides is 2. The van der Waals surface area contributed by atoms with Crippen molar-refractivity contribution in [1.82, 2.24) is 15.1 Å². The molecule has 1 heterocycles. The second kappa shape index (κ2) is 11.5. The van der Waals surface area contributed by atoms with Crippen molar-refractivity contribution < 1.29 is 9.59 Å². The Morgan fingerprint density at radius 2 is 1.63 bits per heavy atom. The van der Waals surface area contributed by atoms with E-state index < -0.39 is 0 Å². The Morgan fingerprint density at radius 3 is 2.30 bits per heavy atom. The molecule has 2 amide bonds. The lowest BCUT2D eigenvalue weighted by molar-refractivity contribution is -0.122. The average molecular weight is 408 g/mol. The maximum atomic E-state index is 12.5. The number of likely N-dealkylation sites (tertiary alicyclic amines) is 1. The van der Waals surface area contributed by atoms with E-state index in [2.05, 4.69) is 41.5 Å². The van der Waals surface area contributed by atoms with E-state index in [4.69, 9.17) is 0 Å². The first-order valence-electron chi connectivity index (χ1n) is 11.0. The normalized spacial score (nSPS) is 14.7. The third-order valence-corrected chi connectivity index (χ3v) is 5.73. The lowest BCUT2D eigenvalue weighted by Gasteiger charge is -2.31. The topological polar surface area (TPSA) is 52.7 Å². The van der Waals surface area contributed by atoms with Crippen molar-refractivity contribution in [2.24, 2.45) is 5.92 Å². The van der Waals surface area contributed by atoms with Crippen molar-refractivity contribution in [3.05, 3.63) is 71.8 Å². The predicted molar refractivity (Wildman–Crippen MR) is 120 cm³/mol. The molecule has 1 N–H and O–H groups in total. The SMILES string of the molecule is CN(CCCNC(=O)CC1CCN(C(=O)c2ccccc2)CC1)Cc1ccccc1. The van der Waals surface area contributed by atoms with E-state index in [9.17, 15) is 9.59 Å². The lowest BCUT2D eigenvalue weighted by Crippen LogP contribution is -2.39. The summed E-state index contributed by atoms with van der Waals surface area (Å²) in [6.07, 6.45) is 3.30. The number of nitrogens with one attached hydrogen (secondary N) is 1. The number of carbonyl (C=O) groups is 2. The third-order valence-electron chi connectivity index (χ3n) is 5.73. The summed E-state index contributed by atoms with van der Waals surface area (Å²) in [5.74, 6) is 0.595. The van der Waals surface area contributed by atoms with E-state index in [1.165, 1.54) is 5.56 Å². The summed E-state index contributed by atoms with van der Waals surface area (Å²) in [7, 11) is 2.11. The van der Waals surface area contributed by atoms with Crippen LogP contribution in [-0.4, -0.2) is 54.8 Å². The fourth-order valence-electron chi connectivity index (χ4n) is 3.99. The average Bonchev–Trinajstić information content (AvgIpc) is 2.78. The van der Waals surface area contributed by atoms with E-state index in [1.807, 2.05) is 41.3 Å². The van der Waals surface area contributed by atoms with Crippen LogP contribution in [0.25, 0.3) is 0 Å². The second-order valence-corrected chi connectivity index (χ2v) is 8.23. The Kier molecular flexibility index (Phi) is 8.45. The minimum absolute atomic E-state index is 0.0955. The molecule has 0 unspecified atom stereocenters. The minimum atomic E-state index is 0.0955. The summed E-state index contributed by atoms with van der Waals surface area (Å²) in [5, 5.41) is 3.06. The van der Waals surface area contributed by atoms with Crippen molar-refractivity contribution in [2.75, 3.05) is 33.2 Å². The van der Waals surface area contributed by atoms with E-state index >= 15 is 0 Å². The summed E-state index contributed by atoms with van der Waals surface area (Å²) in [6, 6.07) is 19.9. The largest absolute Gasteiger partial charge is 0.356 e. The first kappa shape index (κ1) is 22.0. The molecule has 30 heavy (non-hydrogen) atoms. The Hall–Kier alpha value is -2.66. The first-order valence-corrected chi connectivity index (χ1v) is 11.0. The molecule has 1 aliphatic rings. The standard InChI is InChI=1S/C25H33N3O2/c1-27(20-22-9-4-2-5-10-22)16-8-15-26-24(29)19-21-13-17-28(18-14-21)25(30)23-11-6-3-7-12-23/h2-7,9-12,21H,8,13-20H2,1H3,(H,26,29). The van der Waals surface area contributed by atoms with Gasteiger partial charge in [0, 0.05) is 38.2 Å². The van der Waals surface area contributed by atoms with Crippen molar-refractivity contribution in [3.8, 4) is 0 Å². The third kappa shape index (κ3) is 6.99. The van der Waals surface area contributed by atoms with Crippen molar-refractivity contribution in [1.29, 1.82) is 0 Å².